The lowest BCUT2D eigenvalue weighted by Crippen LogP contribution is -2.31. The second kappa shape index (κ2) is 7.57. The minimum atomic E-state index is -0.314. The number of benzene rings is 1. The van der Waals surface area contributed by atoms with E-state index in [1.807, 2.05) is 6.92 Å². The summed E-state index contributed by atoms with van der Waals surface area (Å²) in [5, 5.41) is 6.97. The van der Waals surface area contributed by atoms with Gasteiger partial charge >= 0.3 is 6.03 Å². The summed E-state index contributed by atoms with van der Waals surface area (Å²) in [7, 11) is 4.95. The van der Waals surface area contributed by atoms with E-state index in [-0.39, 0.29) is 11.9 Å². The van der Waals surface area contributed by atoms with Gasteiger partial charge in [-0.15, -0.1) is 0 Å². The number of hydrogen-bond acceptors (Lipinski definition) is 4. The smallest absolute Gasteiger partial charge is 0.321 e. The lowest BCUT2D eigenvalue weighted by molar-refractivity contribution is 0.0828. The highest BCUT2D eigenvalue weighted by Crippen LogP contribution is 2.22. The summed E-state index contributed by atoms with van der Waals surface area (Å²) in [5.41, 5.74) is 2.45. The topological polar surface area (TPSA) is 78.7 Å². The van der Waals surface area contributed by atoms with Crippen LogP contribution >= 0.6 is 11.6 Å². The van der Waals surface area contributed by atoms with Gasteiger partial charge in [-0.05, 0) is 32.0 Å². The van der Waals surface area contributed by atoms with Crippen molar-refractivity contribution in [3.63, 3.8) is 0 Å². The van der Waals surface area contributed by atoms with E-state index in [0.717, 1.165) is 11.3 Å². The predicted octanol–water partition coefficient (Wildman–Crippen LogP) is 3.31. The number of halogens is 1. The zero-order chi connectivity index (χ0) is 18.7. The van der Waals surface area contributed by atoms with Gasteiger partial charge in [0.2, 0.25) is 0 Å². The Morgan fingerprint density at radius 1 is 1.24 bits per heavy atom. The number of rotatable bonds is 4. The molecule has 0 saturated heterocycles. The van der Waals surface area contributed by atoms with E-state index in [0.29, 0.717) is 28.6 Å². The number of urea groups is 1. The Bertz CT molecular complexity index is 782. The lowest BCUT2D eigenvalue weighted by Gasteiger charge is -2.18. The highest BCUT2D eigenvalue weighted by molar-refractivity contribution is 6.34. The van der Waals surface area contributed by atoms with Gasteiger partial charge in [-0.2, -0.15) is 0 Å². The Hall–Kier alpha value is -2.54. The van der Waals surface area contributed by atoms with Gasteiger partial charge in [0.15, 0.2) is 0 Å². The molecule has 0 aliphatic heterocycles. The molecule has 1 aromatic heterocycles. The highest BCUT2D eigenvalue weighted by atomic mass is 35.5. The molecule has 0 unspecified atom stereocenters. The van der Waals surface area contributed by atoms with Crippen molar-refractivity contribution in [2.45, 2.75) is 20.4 Å². The zero-order valence-corrected chi connectivity index (χ0v) is 15.6. The van der Waals surface area contributed by atoms with Crippen LogP contribution in [0, 0.1) is 13.8 Å². The van der Waals surface area contributed by atoms with E-state index in [1.165, 1.54) is 9.80 Å². The van der Waals surface area contributed by atoms with Crippen molar-refractivity contribution in [2.24, 2.45) is 0 Å². The number of aromatic nitrogens is 1. The van der Waals surface area contributed by atoms with Crippen LogP contribution in [0.1, 0.15) is 27.4 Å². The quantitative estimate of drug-likeness (QED) is 0.902. The summed E-state index contributed by atoms with van der Waals surface area (Å²) in [4.78, 5) is 27.5. The van der Waals surface area contributed by atoms with Crippen molar-refractivity contribution in [2.75, 3.05) is 26.5 Å². The molecule has 1 aromatic carbocycles. The SMILES string of the molecule is Cc1noc(C)c1CN(C)C(=O)Nc1ccc(Cl)c(C(=O)N(C)C)c1. The summed E-state index contributed by atoms with van der Waals surface area (Å²) >= 11 is 6.08. The van der Waals surface area contributed by atoms with Gasteiger partial charge in [-0.25, -0.2) is 4.79 Å². The predicted molar refractivity (Wildman–Crippen MR) is 95.9 cm³/mol. The highest BCUT2D eigenvalue weighted by Gasteiger charge is 2.17. The molecule has 1 heterocycles. The normalized spacial score (nSPS) is 10.5. The molecule has 0 bridgehead atoms. The molecule has 3 amide bonds. The first-order valence-corrected chi connectivity index (χ1v) is 8.03. The maximum Gasteiger partial charge on any atom is 0.321 e. The van der Waals surface area contributed by atoms with Crippen molar-refractivity contribution >= 4 is 29.2 Å². The molecule has 0 atom stereocenters. The third kappa shape index (κ3) is 4.30. The Morgan fingerprint density at radius 2 is 1.92 bits per heavy atom. The molecule has 0 saturated carbocycles. The molecule has 8 heteroatoms. The summed E-state index contributed by atoms with van der Waals surface area (Å²) in [6, 6.07) is 4.48. The molecular formula is C17H21ClN4O3. The van der Waals surface area contributed by atoms with Crippen LogP contribution in [-0.2, 0) is 6.54 Å². The fourth-order valence-corrected chi connectivity index (χ4v) is 2.46. The first-order chi connectivity index (χ1) is 11.7. The molecule has 2 rings (SSSR count). The van der Waals surface area contributed by atoms with Crippen LogP contribution in [0.2, 0.25) is 5.02 Å². The minimum Gasteiger partial charge on any atom is -0.361 e. The number of amides is 3. The Morgan fingerprint density at radius 3 is 2.48 bits per heavy atom. The molecule has 0 fully saturated rings. The third-order valence-electron chi connectivity index (χ3n) is 3.78. The van der Waals surface area contributed by atoms with Crippen molar-refractivity contribution < 1.29 is 14.1 Å². The molecule has 7 nitrogen and oxygen atoms in total. The van der Waals surface area contributed by atoms with Crippen LogP contribution in [0.25, 0.3) is 0 Å². The van der Waals surface area contributed by atoms with E-state index in [2.05, 4.69) is 10.5 Å². The van der Waals surface area contributed by atoms with Gasteiger partial charge in [-0.1, -0.05) is 16.8 Å². The van der Waals surface area contributed by atoms with Crippen molar-refractivity contribution in [1.82, 2.24) is 15.0 Å². The molecule has 1 N–H and O–H groups in total. The van der Waals surface area contributed by atoms with E-state index in [4.69, 9.17) is 16.1 Å². The zero-order valence-electron chi connectivity index (χ0n) is 14.9. The average molecular weight is 365 g/mol. The third-order valence-corrected chi connectivity index (χ3v) is 4.11. The van der Waals surface area contributed by atoms with Crippen molar-refractivity contribution in [3.8, 4) is 0 Å². The number of aryl methyl sites for hydroxylation is 2. The van der Waals surface area contributed by atoms with Crippen molar-refractivity contribution in [3.05, 3.63) is 45.8 Å². The van der Waals surface area contributed by atoms with Crippen LogP contribution in [0.4, 0.5) is 10.5 Å². The second-order valence-electron chi connectivity index (χ2n) is 5.98. The molecule has 0 aliphatic rings. The molecule has 0 aliphatic carbocycles. The molecular weight excluding hydrogens is 344 g/mol. The summed E-state index contributed by atoms with van der Waals surface area (Å²) in [6.45, 7) is 4.00. The van der Waals surface area contributed by atoms with Crippen LogP contribution < -0.4 is 5.32 Å². The van der Waals surface area contributed by atoms with Gasteiger partial charge in [-0.3, -0.25) is 4.79 Å². The Balaban J connectivity index is 2.12. The fraction of sp³-hybridized carbons (Fsp3) is 0.353. The standard InChI is InChI=1S/C17H21ClN4O3/c1-10-14(11(2)25-20-10)9-22(5)17(24)19-12-6-7-15(18)13(8-12)16(23)21(3)4/h6-8H,9H2,1-5H3,(H,19,24). The molecule has 134 valence electrons. The number of hydrogen-bond donors (Lipinski definition) is 1. The maximum absolute atomic E-state index is 12.4. The van der Waals surface area contributed by atoms with Crippen molar-refractivity contribution in [1.29, 1.82) is 0 Å². The van der Waals surface area contributed by atoms with Crippen LogP contribution in [0.3, 0.4) is 0 Å². The lowest BCUT2D eigenvalue weighted by atomic mass is 10.1. The fourth-order valence-electron chi connectivity index (χ4n) is 2.26. The molecule has 25 heavy (non-hydrogen) atoms. The number of anilines is 1. The van der Waals surface area contributed by atoms with Gasteiger partial charge < -0.3 is 19.6 Å². The van der Waals surface area contributed by atoms with Crippen LogP contribution in [0.5, 0.6) is 0 Å². The number of nitrogens with zero attached hydrogens (tertiary/aromatic N) is 3. The summed E-state index contributed by atoms with van der Waals surface area (Å²) in [5.74, 6) is 0.452. The van der Waals surface area contributed by atoms with Gasteiger partial charge in [0.1, 0.15) is 5.76 Å². The monoisotopic (exact) mass is 364 g/mol. The van der Waals surface area contributed by atoms with E-state index < -0.39 is 0 Å². The first-order valence-electron chi connectivity index (χ1n) is 7.65. The van der Waals surface area contributed by atoms with E-state index in [9.17, 15) is 9.59 Å². The Kier molecular flexibility index (Phi) is 5.69. The largest absolute Gasteiger partial charge is 0.361 e. The number of nitrogens with one attached hydrogen (secondary N) is 1. The Labute approximate surface area is 151 Å². The second-order valence-corrected chi connectivity index (χ2v) is 6.39. The molecule has 0 radical (unpaired) electrons. The number of carbonyl (C=O) groups is 2. The van der Waals surface area contributed by atoms with Crippen LogP contribution in [-0.4, -0.2) is 48.0 Å². The molecule has 2 aromatic rings. The van der Waals surface area contributed by atoms with Gasteiger partial charge in [0, 0.05) is 32.4 Å². The van der Waals surface area contributed by atoms with E-state index in [1.54, 1.807) is 46.3 Å². The summed E-state index contributed by atoms with van der Waals surface area (Å²) in [6.07, 6.45) is 0. The first kappa shape index (κ1) is 18.8. The average Bonchev–Trinajstić information content (AvgIpc) is 2.87. The maximum atomic E-state index is 12.4. The van der Waals surface area contributed by atoms with Gasteiger partial charge in [0.25, 0.3) is 5.91 Å². The van der Waals surface area contributed by atoms with Crippen LogP contribution in [0.15, 0.2) is 22.7 Å². The molecule has 0 spiro atoms. The minimum absolute atomic E-state index is 0.231. The number of carbonyl (C=O) groups excluding carboxylic acids is 2. The summed E-state index contributed by atoms with van der Waals surface area (Å²) < 4.78 is 5.11. The van der Waals surface area contributed by atoms with Gasteiger partial charge in [0.05, 0.1) is 22.8 Å². The van der Waals surface area contributed by atoms with E-state index >= 15 is 0 Å².